The van der Waals surface area contributed by atoms with Crippen LogP contribution in [0.4, 0.5) is 9.59 Å². The third-order valence-corrected chi connectivity index (χ3v) is 11.2. The van der Waals surface area contributed by atoms with E-state index in [2.05, 4.69) is 4.74 Å². The van der Waals surface area contributed by atoms with Gasteiger partial charge in [-0.1, -0.05) is 71.2 Å². The van der Waals surface area contributed by atoms with Gasteiger partial charge in [0.15, 0.2) is 17.1 Å². The molecule has 0 spiro atoms. The van der Waals surface area contributed by atoms with Gasteiger partial charge in [0, 0.05) is 55.0 Å². The van der Waals surface area contributed by atoms with Crippen molar-refractivity contribution in [3.05, 3.63) is 69.7 Å². The van der Waals surface area contributed by atoms with Crippen LogP contribution in [0.2, 0.25) is 10.0 Å². The van der Waals surface area contributed by atoms with E-state index in [-0.39, 0.29) is 23.4 Å². The number of halogens is 3. The minimum Gasteiger partial charge on any atom is -0.481 e. The number of carbonyl (C=O) groups is 6. The minimum absolute atomic E-state index is 0.0199. The number of amides is 2. The lowest BCUT2D eigenvalue weighted by atomic mass is 9.74. The third kappa shape index (κ3) is 10.8. The Morgan fingerprint density at radius 1 is 0.702 bits per heavy atom. The zero-order valence-corrected chi connectivity index (χ0v) is 34.6. The van der Waals surface area contributed by atoms with Gasteiger partial charge in [0.25, 0.3) is 0 Å². The monoisotopic (exact) mass is 854 g/mol. The number of nitrogens with zero attached hydrogens (tertiary/aromatic N) is 2. The third-order valence-electron chi connectivity index (χ3n) is 10.4. The molecule has 17 heteroatoms. The highest BCUT2D eigenvalue weighted by Crippen LogP contribution is 2.44. The number of aliphatic carboxylic acids is 1. The maximum absolute atomic E-state index is 13.0. The molecule has 6 rings (SSSR count). The standard InChI is InChI=1S/C20H24ClNO6.C16H19Cl2NO3.C4H6O3/c1-13(27-18(24)14-11-26-12-14)28-19(25)22(2)20(10-6-5-9-17(20)23)15-7-3-4-8-16(15)21;1-11(17)22-15(21)19(2)16(10-6-5-9-14(16)20)12-7-3-4-8-13(12)18;5-4(6)3-1-7-2-3/h3-4,7-8,13-14H,5-6,9-12H2,1-2H3;3-4,7-8,11H,5-6,9-10H2,1-2H3;3H,1-2H2,(H,5,6)/t13?,20-;11?,16-;/m00./s1. The molecule has 57 heavy (non-hydrogen) atoms. The van der Waals surface area contributed by atoms with E-state index in [0.717, 1.165) is 25.7 Å². The number of ether oxygens (including phenoxy) is 5. The second kappa shape index (κ2) is 20.6. The first kappa shape index (κ1) is 45.7. The zero-order valence-electron chi connectivity index (χ0n) is 32.4. The molecule has 4 atom stereocenters. The topological polar surface area (TPSA) is 175 Å². The summed E-state index contributed by atoms with van der Waals surface area (Å²) >= 11 is 18.4. The average Bonchev–Trinajstić information content (AvgIpc) is 3.11. The van der Waals surface area contributed by atoms with E-state index in [1.54, 1.807) is 56.4 Å². The first-order valence-corrected chi connectivity index (χ1v) is 19.9. The highest BCUT2D eigenvalue weighted by atomic mass is 35.5. The number of hydrogen-bond acceptors (Lipinski definition) is 11. The summed E-state index contributed by atoms with van der Waals surface area (Å²) in [6.07, 6.45) is 2.50. The van der Waals surface area contributed by atoms with Gasteiger partial charge >= 0.3 is 24.1 Å². The summed E-state index contributed by atoms with van der Waals surface area (Å²) in [5, 5.41) is 9.04. The van der Waals surface area contributed by atoms with Crippen molar-refractivity contribution in [2.24, 2.45) is 11.8 Å². The molecule has 0 bridgehead atoms. The Labute approximate surface area is 346 Å². The fraction of sp³-hybridized carbons (Fsp3) is 0.550. The highest BCUT2D eigenvalue weighted by Gasteiger charge is 2.50. The Hall–Kier alpha value is -3.95. The van der Waals surface area contributed by atoms with E-state index in [1.807, 2.05) is 6.07 Å². The number of carbonyl (C=O) groups excluding carboxylic acids is 5. The van der Waals surface area contributed by atoms with Crippen molar-refractivity contribution >= 4 is 70.5 Å². The molecule has 1 N–H and O–H groups in total. The lowest BCUT2D eigenvalue weighted by Gasteiger charge is -2.43. The van der Waals surface area contributed by atoms with Crippen molar-refractivity contribution in [1.82, 2.24) is 9.80 Å². The predicted molar refractivity (Wildman–Crippen MR) is 209 cm³/mol. The molecule has 312 valence electrons. The van der Waals surface area contributed by atoms with E-state index in [1.165, 1.54) is 23.8 Å². The van der Waals surface area contributed by atoms with Crippen molar-refractivity contribution in [2.75, 3.05) is 40.5 Å². The smallest absolute Gasteiger partial charge is 0.413 e. The van der Waals surface area contributed by atoms with Crippen LogP contribution in [-0.4, -0.2) is 103 Å². The van der Waals surface area contributed by atoms with Crippen LogP contribution in [0.15, 0.2) is 48.5 Å². The number of likely N-dealkylation sites (N-methyl/N-ethyl adjacent to an activating group) is 2. The summed E-state index contributed by atoms with van der Waals surface area (Å²) in [6, 6.07) is 14.1. The first-order chi connectivity index (χ1) is 27.1. The summed E-state index contributed by atoms with van der Waals surface area (Å²) in [6.45, 7) is 4.43. The predicted octanol–water partition coefficient (Wildman–Crippen LogP) is 7.33. The number of ketones is 2. The van der Waals surface area contributed by atoms with Crippen LogP contribution in [0.25, 0.3) is 0 Å². The van der Waals surface area contributed by atoms with Gasteiger partial charge < -0.3 is 28.8 Å². The Morgan fingerprint density at radius 2 is 1.12 bits per heavy atom. The number of hydrogen-bond donors (Lipinski definition) is 1. The second-order valence-electron chi connectivity index (χ2n) is 14.2. The number of alkyl halides is 1. The summed E-state index contributed by atoms with van der Waals surface area (Å²) in [5.74, 6) is -1.86. The highest BCUT2D eigenvalue weighted by molar-refractivity contribution is 6.32. The van der Waals surface area contributed by atoms with Crippen LogP contribution in [-0.2, 0) is 53.9 Å². The van der Waals surface area contributed by atoms with Gasteiger partial charge in [-0.2, -0.15) is 0 Å². The van der Waals surface area contributed by atoms with Crippen molar-refractivity contribution < 1.29 is 57.6 Å². The van der Waals surface area contributed by atoms with E-state index in [0.29, 0.717) is 73.3 Å². The van der Waals surface area contributed by atoms with Crippen molar-refractivity contribution in [1.29, 1.82) is 0 Å². The fourth-order valence-corrected chi connectivity index (χ4v) is 7.70. The molecule has 0 aromatic heterocycles. The summed E-state index contributed by atoms with van der Waals surface area (Å²) < 4.78 is 25.1. The first-order valence-electron chi connectivity index (χ1n) is 18.7. The van der Waals surface area contributed by atoms with E-state index in [9.17, 15) is 28.8 Å². The molecule has 2 amide bonds. The van der Waals surface area contributed by atoms with Gasteiger partial charge in [-0.15, -0.1) is 0 Å². The van der Waals surface area contributed by atoms with Crippen LogP contribution in [0, 0.1) is 11.8 Å². The molecule has 2 saturated carbocycles. The minimum atomic E-state index is -1.20. The maximum atomic E-state index is 13.0. The Bertz CT molecular complexity index is 1770. The Morgan fingerprint density at radius 3 is 1.46 bits per heavy atom. The van der Waals surface area contributed by atoms with Crippen LogP contribution in [0.1, 0.15) is 76.3 Å². The molecule has 14 nitrogen and oxygen atoms in total. The van der Waals surface area contributed by atoms with E-state index >= 15 is 0 Å². The van der Waals surface area contributed by atoms with Gasteiger partial charge in [0.2, 0.25) is 6.29 Å². The van der Waals surface area contributed by atoms with E-state index in [4.69, 9.17) is 58.9 Å². The molecule has 2 aromatic carbocycles. The fourth-order valence-electron chi connectivity index (χ4n) is 7.04. The Kier molecular flexibility index (Phi) is 16.6. The summed E-state index contributed by atoms with van der Waals surface area (Å²) in [4.78, 5) is 75.3. The van der Waals surface area contributed by atoms with Crippen molar-refractivity contribution in [3.8, 4) is 0 Å². The number of rotatable bonds is 9. The summed E-state index contributed by atoms with van der Waals surface area (Å²) in [5.41, 5.74) is -1.82. The van der Waals surface area contributed by atoms with Crippen molar-refractivity contribution in [3.63, 3.8) is 0 Å². The number of carboxylic acid groups (broad SMARTS) is 1. The van der Waals surface area contributed by atoms with Crippen molar-refractivity contribution in [2.45, 2.75) is 88.1 Å². The van der Waals surface area contributed by atoms with E-state index < -0.39 is 47.1 Å². The average molecular weight is 856 g/mol. The molecule has 2 aliphatic heterocycles. The van der Waals surface area contributed by atoms with Gasteiger partial charge in [-0.3, -0.25) is 29.0 Å². The van der Waals surface area contributed by atoms with Gasteiger partial charge in [0.1, 0.15) is 22.9 Å². The quantitative estimate of drug-likeness (QED) is 0.151. The van der Waals surface area contributed by atoms with Crippen LogP contribution < -0.4 is 0 Å². The SMILES string of the molecule is CC(Cl)OC(=O)N(C)[C@]1(c2ccccc2Cl)CCCCC1=O.CC(OC(=O)C1COC1)OC(=O)N(C)[C@]1(c2ccccc2Cl)CCCCC1=O.O=C(O)C1COC1. The lowest BCUT2D eigenvalue weighted by molar-refractivity contribution is -0.185. The van der Waals surface area contributed by atoms with Crippen LogP contribution in [0.3, 0.4) is 0 Å². The molecule has 0 radical (unpaired) electrons. The largest absolute Gasteiger partial charge is 0.481 e. The normalized spacial score (nSPS) is 23.0. The molecule has 2 aromatic rings. The van der Waals surface area contributed by atoms with Gasteiger partial charge in [-0.25, -0.2) is 9.59 Å². The number of esters is 1. The number of carboxylic acids is 1. The number of Topliss-reactive ketones (excluding diaryl/α,β-unsaturated/α-hetero) is 2. The molecule has 2 saturated heterocycles. The summed E-state index contributed by atoms with van der Waals surface area (Å²) in [7, 11) is 3.08. The molecular formula is C40H49Cl3N2O12. The van der Waals surface area contributed by atoms with Gasteiger partial charge in [0.05, 0.1) is 26.4 Å². The molecular weight excluding hydrogens is 807 g/mol. The number of benzene rings is 2. The molecule has 2 aliphatic carbocycles. The second-order valence-corrected chi connectivity index (χ2v) is 15.6. The van der Waals surface area contributed by atoms with Crippen LogP contribution in [0.5, 0.6) is 0 Å². The molecule has 2 unspecified atom stereocenters. The molecule has 4 aliphatic rings. The van der Waals surface area contributed by atoms with Gasteiger partial charge in [-0.05, 0) is 57.6 Å². The molecule has 4 fully saturated rings. The van der Waals surface area contributed by atoms with Crippen LogP contribution >= 0.6 is 34.8 Å². The maximum Gasteiger partial charge on any atom is 0.413 e. The Balaban J connectivity index is 0.000000220. The zero-order chi connectivity index (χ0) is 41.9. The lowest BCUT2D eigenvalue weighted by Crippen LogP contribution is -2.55. The molecule has 2 heterocycles.